The van der Waals surface area contributed by atoms with Crippen molar-refractivity contribution in [2.45, 2.75) is 127 Å². The van der Waals surface area contributed by atoms with Crippen LogP contribution in [0, 0.1) is 36.2 Å². The van der Waals surface area contributed by atoms with E-state index >= 15 is 0 Å². The van der Waals surface area contributed by atoms with Crippen LogP contribution in [0.2, 0.25) is 0 Å². The van der Waals surface area contributed by atoms with Gasteiger partial charge in [-0.25, -0.2) is 0 Å². The molecule has 4 aliphatic carbocycles. The molecule has 11 heteroatoms. The maximum Gasteiger partial charge on any atom is 0.307 e. The number of hydrogen-bond donors (Lipinski definition) is 4. The van der Waals surface area contributed by atoms with Gasteiger partial charge in [0.05, 0.1) is 49.8 Å². The molecule has 242 valence electrons. The van der Waals surface area contributed by atoms with E-state index in [0.717, 1.165) is 44.9 Å². The lowest BCUT2D eigenvalue weighted by Crippen LogP contribution is -2.48. The Morgan fingerprint density at radius 2 is 1.33 bits per heavy atom. The Hall–Kier alpha value is -2.39. The van der Waals surface area contributed by atoms with E-state index in [4.69, 9.17) is 25.5 Å². The summed E-state index contributed by atoms with van der Waals surface area (Å²) in [7, 11) is 0. The summed E-state index contributed by atoms with van der Waals surface area (Å²) in [5, 5.41) is 22.4. The lowest BCUT2D eigenvalue weighted by atomic mass is 9.77. The maximum absolute atomic E-state index is 13.0. The number of hydrogen-bond acceptors (Lipinski definition) is 8. The van der Waals surface area contributed by atoms with Gasteiger partial charge in [-0.1, -0.05) is 25.7 Å². The second kappa shape index (κ2) is 17.2. The normalized spacial score (nSPS) is 33.7. The zero-order chi connectivity index (χ0) is 30.6. The van der Waals surface area contributed by atoms with Crippen molar-refractivity contribution < 1.29 is 43.6 Å². The van der Waals surface area contributed by atoms with E-state index in [1.165, 1.54) is 19.3 Å². The average molecular weight is 607 g/mol. The molecular formula is C32H50N2O9. The first-order valence-corrected chi connectivity index (χ1v) is 16.3. The lowest BCUT2D eigenvalue weighted by Gasteiger charge is -2.35. The molecule has 4 aliphatic rings. The van der Waals surface area contributed by atoms with E-state index in [9.17, 15) is 24.6 Å². The summed E-state index contributed by atoms with van der Waals surface area (Å²) in [5.41, 5.74) is 3.13. The molecule has 6 atom stereocenters. The molecule has 0 aromatic heterocycles. The Bertz CT molecular complexity index is 942. The molecule has 43 heavy (non-hydrogen) atoms. The minimum absolute atomic E-state index is 0.0107. The first kappa shape index (κ1) is 33.5. The number of carbonyl (C=O) groups is 3. The summed E-state index contributed by atoms with van der Waals surface area (Å²) in [6.07, 6.45) is 19.6. The van der Waals surface area contributed by atoms with Crippen molar-refractivity contribution in [1.82, 2.24) is 10.8 Å². The molecule has 0 aliphatic heterocycles. The van der Waals surface area contributed by atoms with Gasteiger partial charge in [0.15, 0.2) is 0 Å². The van der Waals surface area contributed by atoms with Gasteiger partial charge in [-0.3, -0.25) is 14.4 Å². The van der Waals surface area contributed by atoms with Crippen LogP contribution in [-0.4, -0.2) is 78.3 Å². The molecule has 4 N–H and O–H groups in total. The second-order valence-electron chi connectivity index (χ2n) is 12.8. The van der Waals surface area contributed by atoms with Crippen molar-refractivity contribution in [3.05, 3.63) is 0 Å². The van der Waals surface area contributed by atoms with Gasteiger partial charge in [-0.2, -0.15) is 5.48 Å². The van der Waals surface area contributed by atoms with E-state index in [1.807, 2.05) is 0 Å². The van der Waals surface area contributed by atoms with Crippen LogP contribution in [0.4, 0.5) is 0 Å². The highest BCUT2D eigenvalue weighted by atomic mass is 16.6. The molecule has 0 spiro atoms. The maximum atomic E-state index is 13.0. The van der Waals surface area contributed by atoms with E-state index < -0.39 is 29.7 Å². The summed E-state index contributed by atoms with van der Waals surface area (Å²) in [6, 6.07) is 0.0579. The number of carboxylic acid groups (broad SMARTS) is 2. The first-order valence-electron chi connectivity index (χ1n) is 16.3. The van der Waals surface area contributed by atoms with Crippen molar-refractivity contribution in [2.24, 2.45) is 23.7 Å². The van der Waals surface area contributed by atoms with E-state index in [1.54, 1.807) is 0 Å². The number of amides is 1. The summed E-state index contributed by atoms with van der Waals surface area (Å²) in [5.74, 6) is -4.00. The summed E-state index contributed by atoms with van der Waals surface area (Å²) in [6.45, 7) is 1.41. The first-order chi connectivity index (χ1) is 20.8. The highest BCUT2D eigenvalue weighted by Gasteiger charge is 2.41. The molecule has 0 heterocycles. The molecule has 1 amide bonds. The van der Waals surface area contributed by atoms with Gasteiger partial charge in [0.1, 0.15) is 12.2 Å². The molecule has 11 nitrogen and oxygen atoms in total. The van der Waals surface area contributed by atoms with E-state index in [2.05, 4.69) is 16.9 Å². The molecule has 0 radical (unpaired) electrons. The number of hydroxylamine groups is 1. The Labute approximate surface area is 255 Å². The third-order valence-electron chi connectivity index (χ3n) is 9.91. The minimum Gasteiger partial charge on any atom is -0.481 e. The fraction of sp³-hybridized carbons (Fsp3) is 0.844. The Morgan fingerprint density at radius 1 is 0.698 bits per heavy atom. The third-order valence-corrected chi connectivity index (χ3v) is 9.91. The number of terminal acetylenes is 1. The Kier molecular flexibility index (Phi) is 13.4. The zero-order valence-corrected chi connectivity index (χ0v) is 25.3. The van der Waals surface area contributed by atoms with Gasteiger partial charge in [0, 0.05) is 12.1 Å². The van der Waals surface area contributed by atoms with Gasteiger partial charge < -0.3 is 34.6 Å². The predicted octanol–water partition coefficient (Wildman–Crippen LogP) is 3.65. The number of ether oxygens (including phenoxy) is 3. The van der Waals surface area contributed by atoms with Crippen molar-refractivity contribution in [2.75, 3.05) is 19.8 Å². The van der Waals surface area contributed by atoms with Crippen LogP contribution in [0.15, 0.2) is 0 Å². The minimum atomic E-state index is -0.964. The number of rotatable bonds is 14. The summed E-state index contributed by atoms with van der Waals surface area (Å²) >= 11 is 0. The molecule has 6 unspecified atom stereocenters. The molecule has 0 aromatic carbocycles. The van der Waals surface area contributed by atoms with Crippen LogP contribution in [0.5, 0.6) is 0 Å². The van der Waals surface area contributed by atoms with Gasteiger partial charge in [0.2, 0.25) is 5.91 Å². The van der Waals surface area contributed by atoms with Crippen LogP contribution in [0.3, 0.4) is 0 Å². The summed E-state index contributed by atoms with van der Waals surface area (Å²) in [4.78, 5) is 42.5. The second-order valence-corrected chi connectivity index (χ2v) is 12.8. The summed E-state index contributed by atoms with van der Waals surface area (Å²) < 4.78 is 17.3. The molecule has 4 saturated carbocycles. The average Bonchev–Trinajstić information content (AvgIpc) is 3.00. The van der Waals surface area contributed by atoms with Crippen LogP contribution in [0.25, 0.3) is 0 Å². The van der Waals surface area contributed by atoms with Gasteiger partial charge in [0.25, 0.3) is 0 Å². The fourth-order valence-corrected chi connectivity index (χ4v) is 7.40. The quantitative estimate of drug-likeness (QED) is 0.131. The van der Waals surface area contributed by atoms with E-state index in [0.29, 0.717) is 58.0 Å². The van der Waals surface area contributed by atoms with Crippen LogP contribution in [-0.2, 0) is 33.4 Å². The van der Waals surface area contributed by atoms with Gasteiger partial charge in [-0.05, 0) is 83.0 Å². The van der Waals surface area contributed by atoms with Crippen molar-refractivity contribution in [1.29, 1.82) is 0 Å². The van der Waals surface area contributed by atoms with Crippen molar-refractivity contribution in [3.8, 4) is 12.5 Å². The van der Waals surface area contributed by atoms with Gasteiger partial charge >= 0.3 is 11.9 Å². The van der Waals surface area contributed by atoms with Crippen LogP contribution < -0.4 is 10.8 Å². The zero-order valence-electron chi connectivity index (χ0n) is 25.3. The number of aliphatic carboxylic acids is 2. The predicted molar refractivity (Wildman–Crippen MR) is 156 cm³/mol. The smallest absolute Gasteiger partial charge is 0.307 e. The monoisotopic (exact) mass is 606 g/mol. The van der Waals surface area contributed by atoms with Crippen LogP contribution >= 0.6 is 0 Å². The van der Waals surface area contributed by atoms with Crippen molar-refractivity contribution >= 4 is 17.8 Å². The molecule has 4 rings (SSSR count). The third kappa shape index (κ3) is 10.3. The largest absolute Gasteiger partial charge is 0.481 e. The molecule has 0 saturated heterocycles. The molecule has 4 fully saturated rings. The lowest BCUT2D eigenvalue weighted by molar-refractivity contribution is -0.150. The van der Waals surface area contributed by atoms with E-state index in [-0.39, 0.29) is 36.1 Å². The number of carboxylic acids is 2. The molecule has 0 aromatic rings. The Balaban J connectivity index is 1.14. The molecular weight excluding hydrogens is 556 g/mol. The fourth-order valence-electron chi connectivity index (χ4n) is 7.40. The number of carbonyl (C=O) groups excluding carboxylic acids is 1. The van der Waals surface area contributed by atoms with Crippen LogP contribution in [0.1, 0.15) is 96.3 Å². The standard InChI is InChI=1S/C32H50N2O9/c1-2-40-26-13-15-28(32(38)39)29(19-26)30(35)33-22-8-10-23(11-9-22)34-43-20-21-18-25(12-14-27(21)31(36)37)42-17-16-41-24-6-4-3-5-7-24/h1,21-29,34H,3-20H2,(H,33,35)(H,36,37)(H,38,39). The SMILES string of the molecule is C#COC1CCC(C(=O)O)C(C(=O)NC2CCC(NOCC3CC(OCCOC4CCCCC4)CCC3C(=O)O)CC2)C1. The highest BCUT2D eigenvalue weighted by Crippen LogP contribution is 2.34. The molecule has 0 bridgehead atoms. The Morgan fingerprint density at radius 3 is 2.00 bits per heavy atom. The van der Waals surface area contributed by atoms with Gasteiger partial charge in [-0.15, -0.1) is 0 Å². The highest BCUT2D eigenvalue weighted by molar-refractivity contribution is 5.85. The number of nitrogens with one attached hydrogen (secondary N) is 2. The van der Waals surface area contributed by atoms with Crippen molar-refractivity contribution in [3.63, 3.8) is 0 Å². The topological polar surface area (TPSA) is 153 Å².